The molecular weight excluding hydrogens is 226 g/mol. The summed E-state index contributed by atoms with van der Waals surface area (Å²) in [5, 5.41) is 10.8. The molecule has 0 saturated heterocycles. The Balaban J connectivity index is 2.93. The summed E-state index contributed by atoms with van der Waals surface area (Å²) in [6, 6.07) is 6.22. The Hall–Kier alpha value is -1.95. The summed E-state index contributed by atoms with van der Waals surface area (Å²) in [4.78, 5) is 21.6. The maximum absolute atomic E-state index is 11.3. The summed E-state index contributed by atoms with van der Waals surface area (Å²) in [6.45, 7) is 0. The average molecular weight is 239 g/mol. The van der Waals surface area contributed by atoms with Crippen LogP contribution < -0.4 is 0 Å². The van der Waals surface area contributed by atoms with E-state index in [1.807, 2.05) is 0 Å². The monoisotopic (exact) mass is 239 g/mol. The van der Waals surface area contributed by atoms with Crippen molar-refractivity contribution >= 4 is 11.7 Å². The number of nitro groups is 1. The van der Waals surface area contributed by atoms with Gasteiger partial charge in [0, 0.05) is 25.2 Å². The van der Waals surface area contributed by atoms with E-state index in [1.165, 1.54) is 20.3 Å². The van der Waals surface area contributed by atoms with Crippen LogP contribution in [-0.4, -0.2) is 31.2 Å². The van der Waals surface area contributed by atoms with Crippen LogP contribution in [-0.2, 0) is 20.7 Å². The van der Waals surface area contributed by atoms with Crippen LogP contribution in [0.5, 0.6) is 0 Å². The first-order valence-electron chi connectivity index (χ1n) is 4.93. The van der Waals surface area contributed by atoms with E-state index in [2.05, 4.69) is 4.74 Å². The Morgan fingerprint density at radius 3 is 2.59 bits per heavy atom. The van der Waals surface area contributed by atoms with Crippen molar-refractivity contribution < 1.29 is 19.2 Å². The molecule has 0 spiro atoms. The van der Waals surface area contributed by atoms with Crippen molar-refractivity contribution in [2.24, 2.45) is 0 Å². The van der Waals surface area contributed by atoms with Gasteiger partial charge in [0.1, 0.15) is 0 Å². The van der Waals surface area contributed by atoms with Crippen molar-refractivity contribution in [3.05, 3.63) is 39.9 Å². The van der Waals surface area contributed by atoms with Crippen LogP contribution in [0.1, 0.15) is 5.56 Å². The molecule has 0 fully saturated rings. The van der Waals surface area contributed by atoms with E-state index in [4.69, 9.17) is 4.74 Å². The third kappa shape index (κ3) is 3.25. The Morgan fingerprint density at radius 2 is 2.06 bits per heavy atom. The minimum atomic E-state index is -0.832. The van der Waals surface area contributed by atoms with Gasteiger partial charge in [-0.05, 0) is 0 Å². The van der Waals surface area contributed by atoms with Gasteiger partial charge in [-0.15, -0.1) is 0 Å². The minimum Gasteiger partial charge on any atom is -0.467 e. The lowest BCUT2D eigenvalue weighted by Crippen LogP contribution is -2.26. The Labute approximate surface area is 98.3 Å². The highest BCUT2D eigenvalue weighted by molar-refractivity contribution is 5.75. The van der Waals surface area contributed by atoms with E-state index in [0.717, 1.165) is 0 Å². The van der Waals surface area contributed by atoms with Gasteiger partial charge in [-0.25, -0.2) is 4.79 Å². The van der Waals surface area contributed by atoms with Crippen LogP contribution in [0.15, 0.2) is 24.3 Å². The van der Waals surface area contributed by atoms with Crippen LogP contribution in [0.2, 0.25) is 0 Å². The SMILES string of the molecule is COC(=O)[C@H](Cc1ccccc1[N+](=O)[O-])OC. The van der Waals surface area contributed by atoms with Crippen LogP contribution in [0, 0.1) is 10.1 Å². The Bertz CT molecular complexity index is 418. The highest BCUT2D eigenvalue weighted by Gasteiger charge is 2.23. The van der Waals surface area contributed by atoms with Crippen molar-refractivity contribution in [2.75, 3.05) is 14.2 Å². The molecule has 0 aromatic heterocycles. The second-order valence-electron chi connectivity index (χ2n) is 3.34. The first-order valence-corrected chi connectivity index (χ1v) is 4.93. The molecule has 0 saturated carbocycles. The molecule has 0 heterocycles. The summed E-state index contributed by atoms with van der Waals surface area (Å²) < 4.78 is 9.49. The fourth-order valence-electron chi connectivity index (χ4n) is 1.46. The number of esters is 1. The predicted octanol–water partition coefficient (Wildman–Crippen LogP) is 1.33. The molecule has 0 unspecified atom stereocenters. The number of methoxy groups -OCH3 is 2. The van der Waals surface area contributed by atoms with Crippen LogP contribution in [0.25, 0.3) is 0 Å². The topological polar surface area (TPSA) is 78.7 Å². The fourth-order valence-corrected chi connectivity index (χ4v) is 1.46. The molecule has 0 aliphatic rings. The lowest BCUT2D eigenvalue weighted by Gasteiger charge is -2.12. The van der Waals surface area contributed by atoms with Gasteiger partial charge in [0.2, 0.25) is 0 Å². The maximum atomic E-state index is 11.3. The van der Waals surface area contributed by atoms with E-state index in [1.54, 1.807) is 18.2 Å². The van der Waals surface area contributed by atoms with Gasteiger partial charge in [0.15, 0.2) is 6.10 Å². The number of para-hydroxylation sites is 1. The van der Waals surface area contributed by atoms with E-state index in [0.29, 0.717) is 5.56 Å². The molecule has 1 rings (SSSR count). The van der Waals surface area contributed by atoms with Crippen LogP contribution in [0.3, 0.4) is 0 Å². The van der Waals surface area contributed by atoms with Gasteiger partial charge in [-0.2, -0.15) is 0 Å². The number of hydrogen-bond acceptors (Lipinski definition) is 5. The normalized spacial score (nSPS) is 11.9. The molecule has 0 N–H and O–H groups in total. The van der Waals surface area contributed by atoms with Crippen LogP contribution >= 0.6 is 0 Å². The zero-order valence-corrected chi connectivity index (χ0v) is 9.58. The predicted molar refractivity (Wildman–Crippen MR) is 59.6 cm³/mol. The molecule has 0 amide bonds. The highest BCUT2D eigenvalue weighted by Crippen LogP contribution is 2.20. The number of carbonyl (C=O) groups excluding carboxylic acids is 1. The molecule has 0 radical (unpaired) electrons. The Kier molecular flexibility index (Phi) is 4.59. The van der Waals surface area contributed by atoms with Crippen molar-refractivity contribution in [3.63, 3.8) is 0 Å². The number of rotatable bonds is 5. The summed E-state index contributed by atoms with van der Waals surface area (Å²) in [5.74, 6) is -0.550. The van der Waals surface area contributed by atoms with Gasteiger partial charge in [-0.1, -0.05) is 18.2 Å². The molecule has 6 heteroatoms. The first-order chi connectivity index (χ1) is 8.10. The summed E-state index contributed by atoms with van der Waals surface area (Å²) in [5.41, 5.74) is 0.410. The van der Waals surface area contributed by atoms with E-state index >= 15 is 0 Å². The lowest BCUT2D eigenvalue weighted by molar-refractivity contribution is -0.385. The molecule has 1 aromatic rings. The maximum Gasteiger partial charge on any atom is 0.335 e. The average Bonchev–Trinajstić information content (AvgIpc) is 2.35. The molecule has 0 aliphatic heterocycles. The van der Waals surface area contributed by atoms with Gasteiger partial charge < -0.3 is 9.47 Å². The van der Waals surface area contributed by atoms with Crippen molar-refractivity contribution in [1.29, 1.82) is 0 Å². The molecule has 0 bridgehead atoms. The van der Waals surface area contributed by atoms with Gasteiger partial charge in [-0.3, -0.25) is 10.1 Å². The largest absolute Gasteiger partial charge is 0.467 e. The van der Waals surface area contributed by atoms with Crippen molar-refractivity contribution in [2.45, 2.75) is 12.5 Å². The highest BCUT2D eigenvalue weighted by atomic mass is 16.6. The third-order valence-electron chi connectivity index (χ3n) is 2.34. The molecule has 1 atom stereocenters. The van der Waals surface area contributed by atoms with Gasteiger partial charge in [0.05, 0.1) is 12.0 Å². The molecule has 0 aliphatic carbocycles. The van der Waals surface area contributed by atoms with E-state index in [-0.39, 0.29) is 12.1 Å². The van der Waals surface area contributed by atoms with Crippen molar-refractivity contribution in [1.82, 2.24) is 0 Å². The number of ether oxygens (including phenoxy) is 2. The molecule has 17 heavy (non-hydrogen) atoms. The van der Waals surface area contributed by atoms with Crippen LogP contribution in [0.4, 0.5) is 5.69 Å². The molecule has 6 nitrogen and oxygen atoms in total. The van der Waals surface area contributed by atoms with Gasteiger partial charge in [0.25, 0.3) is 5.69 Å². The summed E-state index contributed by atoms with van der Waals surface area (Å²) in [6.07, 6.45) is -0.721. The zero-order valence-electron chi connectivity index (χ0n) is 9.58. The third-order valence-corrected chi connectivity index (χ3v) is 2.34. The number of nitrogens with zero attached hydrogens (tertiary/aromatic N) is 1. The second-order valence-corrected chi connectivity index (χ2v) is 3.34. The number of hydrogen-bond donors (Lipinski definition) is 0. The standard InChI is InChI=1S/C11H13NO5/c1-16-10(11(13)17-2)7-8-5-3-4-6-9(8)12(14)15/h3-6,10H,7H2,1-2H3/t10-/m0/s1. The van der Waals surface area contributed by atoms with E-state index < -0.39 is 17.0 Å². The number of carbonyl (C=O) groups is 1. The number of benzene rings is 1. The quantitative estimate of drug-likeness (QED) is 0.440. The molecular formula is C11H13NO5. The van der Waals surface area contributed by atoms with Crippen molar-refractivity contribution in [3.8, 4) is 0 Å². The number of nitro benzene ring substituents is 1. The fraction of sp³-hybridized carbons (Fsp3) is 0.364. The summed E-state index contributed by atoms with van der Waals surface area (Å²) in [7, 11) is 2.60. The first kappa shape index (κ1) is 13.1. The zero-order chi connectivity index (χ0) is 12.8. The Morgan fingerprint density at radius 1 is 1.41 bits per heavy atom. The smallest absolute Gasteiger partial charge is 0.335 e. The van der Waals surface area contributed by atoms with Gasteiger partial charge >= 0.3 is 5.97 Å². The second kappa shape index (κ2) is 5.95. The molecule has 1 aromatic carbocycles. The summed E-state index contributed by atoms with van der Waals surface area (Å²) >= 11 is 0. The minimum absolute atomic E-state index is 0.0292. The van der Waals surface area contributed by atoms with E-state index in [9.17, 15) is 14.9 Å². The lowest BCUT2D eigenvalue weighted by atomic mass is 10.1. The molecule has 92 valence electrons.